The summed E-state index contributed by atoms with van der Waals surface area (Å²) in [5, 5.41) is 0.314. The van der Waals surface area contributed by atoms with E-state index in [0.717, 1.165) is 4.90 Å². The maximum absolute atomic E-state index is 12.4. The lowest BCUT2D eigenvalue weighted by molar-refractivity contribution is 0.0606. The lowest BCUT2D eigenvalue weighted by atomic mass is 10.1. The van der Waals surface area contributed by atoms with Crippen molar-refractivity contribution in [3.63, 3.8) is 0 Å². The van der Waals surface area contributed by atoms with Gasteiger partial charge >= 0.3 is 5.69 Å². The third-order valence-corrected chi connectivity index (χ3v) is 4.07. The van der Waals surface area contributed by atoms with E-state index in [1.807, 2.05) is 0 Å². The smallest absolute Gasteiger partial charge is 0.274 e. The van der Waals surface area contributed by atoms with Crippen LogP contribution in [0.15, 0.2) is 58.1 Å². The van der Waals surface area contributed by atoms with E-state index in [0.29, 0.717) is 22.0 Å². The minimum atomic E-state index is -0.671. The average Bonchev–Trinajstić information content (AvgIpc) is 2.83. The third-order valence-electron chi connectivity index (χ3n) is 4.07. The molecule has 1 N–H and O–H groups in total. The molecule has 7 heteroatoms. The zero-order valence-electron chi connectivity index (χ0n) is 12.4. The molecule has 2 heterocycles. The second-order valence-electron chi connectivity index (χ2n) is 5.43. The summed E-state index contributed by atoms with van der Waals surface area (Å²) < 4.78 is 1.21. The average molecular weight is 321 g/mol. The number of rotatable bonds is 2. The van der Waals surface area contributed by atoms with Crippen molar-refractivity contribution in [2.75, 3.05) is 0 Å². The number of hydrogen-bond donors (Lipinski definition) is 1. The van der Waals surface area contributed by atoms with Crippen molar-refractivity contribution in [3.05, 3.63) is 80.5 Å². The van der Waals surface area contributed by atoms with E-state index in [1.54, 1.807) is 48.5 Å². The van der Waals surface area contributed by atoms with Crippen molar-refractivity contribution >= 4 is 22.7 Å². The molecule has 0 radical (unpaired) electrons. The molecular weight excluding hydrogens is 310 g/mol. The topological polar surface area (TPSA) is 92.2 Å². The second kappa shape index (κ2) is 5.02. The first-order chi connectivity index (χ1) is 11.6. The predicted octanol–water partition coefficient (Wildman–Crippen LogP) is 0.944. The molecule has 7 nitrogen and oxygen atoms in total. The van der Waals surface area contributed by atoms with Gasteiger partial charge in [-0.15, -0.1) is 0 Å². The molecule has 1 aromatic heterocycles. The van der Waals surface area contributed by atoms with Gasteiger partial charge in [0.2, 0.25) is 0 Å². The van der Waals surface area contributed by atoms with Gasteiger partial charge in [-0.05, 0) is 24.3 Å². The summed E-state index contributed by atoms with van der Waals surface area (Å²) in [5.74, 6) is -0.921. The number of carbonyl (C=O) groups excluding carboxylic acids is 2. The van der Waals surface area contributed by atoms with Crippen LogP contribution in [0.2, 0.25) is 0 Å². The summed E-state index contributed by atoms with van der Waals surface area (Å²) in [4.78, 5) is 52.2. The third kappa shape index (κ3) is 1.91. The Hall–Kier alpha value is -3.48. The van der Waals surface area contributed by atoms with Gasteiger partial charge in [-0.25, -0.2) is 4.79 Å². The van der Waals surface area contributed by atoms with Crippen molar-refractivity contribution < 1.29 is 9.59 Å². The number of carbonyl (C=O) groups is 2. The number of para-hydroxylation sites is 1. The SMILES string of the molecule is O=C1c2ccccc2C(=O)N1Cn1c(=O)[nH]c(=O)c2ccccc21. The van der Waals surface area contributed by atoms with E-state index >= 15 is 0 Å². The molecule has 3 aromatic rings. The quantitative estimate of drug-likeness (QED) is 0.711. The van der Waals surface area contributed by atoms with Crippen LogP contribution in [0.5, 0.6) is 0 Å². The summed E-state index contributed by atoms with van der Waals surface area (Å²) in [6.07, 6.45) is 0. The van der Waals surface area contributed by atoms with E-state index < -0.39 is 23.1 Å². The number of nitrogens with one attached hydrogen (secondary N) is 1. The normalized spacial score (nSPS) is 13.6. The number of imide groups is 1. The zero-order chi connectivity index (χ0) is 16.8. The maximum atomic E-state index is 12.4. The number of H-pyrrole nitrogens is 1. The van der Waals surface area contributed by atoms with Crippen LogP contribution in [0.4, 0.5) is 0 Å². The highest BCUT2D eigenvalue weighted by atomic mass is 16.2. The van der Waals surface area contributed by atoms with E-state index in [2.05, 4.69) is 4.98 Å². The highest BCUT2D eigenvalue weighted by Crippen LogP contribution is 2.23. The van der Waals surface area contributed by atoms with Crippen molar-refractivity contribution in [2.45, 2.75) is 6.67 Å². The molecule has 0 saturated carbocycles. The van der Waals surface area contributed by atoms with E-state index in [9.17, 15) is 19.2 Å². The number of hydrogen-bond acceptors (Lipinski definition) is 4. The highest BCUT2D eigenvalue weighted by molar-refractivity contribution is 6.21. The summed E-state index contributed by atoms with van der Waals surface area (Å²) >= 11 is 0. The number of amides is 2. The molecule has 118 valence electrons. The van der Waals surface area contributed by atoms with Crippen molar-refractivity contribution in [3.8, 4) is 0 Å². The summed E-state index contributed by atoms with van der Waals surface area (Å²) in [6, 6.07) is 13.0. The van der Waals surface area contributed by atoms with Crippen LogP contribution in [0.1, 0.15) is 20.7 Å². The van der Waals surface area contributed by atoms with Gasteiger partial charge in [0.25, 0.3) is 17.4 Å². The molecule has 2 aromatic carbocycles. The molecule has 1 aliphatic heterocycles. The summed E-state index contributed by atoms with van der Waals surface area (Å²) in [5.41, 5.74) is -0.194. The number of fused-ring (bicyclic) bond motifs is 2. The Kier molecular flexibility index (Phi) is 2.96. The largest absolute Gasteiger partial charge is 0.330 e. The predicted molar refractivity (Wildman–Crippen MR) is 85.8 cm³/mol. The summed E-state index contributed by atoms with van der Waals surface area (Å²) in [6.45, 7) is -0.261. The Balaban J connectivity index is 1.85. The first-order valence-corrected chi connectivity index (χ1v) is 7.25. The zero-order valence-corrected chi connectivity index (χ0v) is 12.4. The molecule has 0 atom stereocenters. The van der Waals surface area contributed by atoms with Crippen LogP contribution >= 0.6 is 0 Å². The van der Waals surface area contributed by atoms with Gasteiger partial charge in [0.15, 0.2) is 0 Å². The number of benzene rings is 2. The van der Waals surface area contributed by atoms with Crippen LogP contribution in [0.3, 0.4) is 0 Å². The van der Waals surface area contributed by atoms with Gasteiger partial charge < -0.3 is 0 Å². The molecule has 0 bridgehead atoms. The Morgan fingerprint density at radius 1 is 0.792 bits per heavy atom. The fourth-order valence-corrected chi connectivity index (χ4v) is 2.89. The van der Waals surface area contributed by atoms with Gasteiger partial charge in [0, 0.05) is 0 Å². The van der Waals surface area contributed by atoms with E-state index in [-0.39, 0.29) is 6.67 Å². The van der Waals surface area contributed by atoms with Crippen molar-refractivity contribution in [1.82, 2.24) is 14.5 Å². The van der Waals surface area contributed by atoms with Crippen LogP contribution < -0.4 is 11.2 Å². The van der Waals surface area contributed by atoms with E-state index in [1.165, 1.54) is 4.57 Å². The van der Waals surface area contributed by atoms with Gasteiger partial charge in [-0.3, -0.25) is 28.8 Å². The van der Waals surface area contributed by atoms with Gasteiger partial charge in [-0.1, -0.05) is 24.3 Å². The number of aromatic nitrogens is 2. The molecule has 2 amide bonds. The Labute approximate surface area is 134 Å². The fourth-order valence-electron chi connectivity index (χ4n) is 2.89. The van der Waals surface area contributed by atoms with Crippen LogP contribution in [-0.2, 0) is 6.67 Å². The fraction of sp³-hybridized carbons (Fsp3) is 0.0588. The molecule has 0 fully saturated rings. The standard InChI is InChI=1S/C17H11N3O4/c21-14-12-7-3-4-8-13(12)19(17(24)18-14)9-20-15(22)10-5-1-2-6-11(10)16(20)23/h1-8H,9H2,(H,18,21,24). The Morgan fingerprint density at radius 2 is 1.38 bits per heavy atom. The van der Waals surface area contributed by atoms with Gasteiger partial charge in [0.05, 0.1) is 22.0 Å². The molecule has 4 rings (SSSR count). The molecule has 1 aliphatic rings. The number of nitrogens with zero attached hydrogens (tertiary/aromatic N) is 2. The molecule has 0 spiro atoms. The molecule has 24 heavy (non-hydrogen) atoms. The first-order valence-electron chi connectivity index (χ1n) is 7.25. The minimum absolute atomic E-state index is 0.261. The monoisotopic (exact) mass is 321 g/mol. The lowest BCUT2D eigenvalue weighted by Gasteiger charge is -2.17. The Morgan fingerprint density at radius 3 is 2.04 bits per heavy atom. The van der Waals surface area contributed by atoms with Gasteiger partial charge in [0.1, 0.15) is 6.67 Å². The summed E-state index contributed by atoms with van der Waals surface area (Å²) in [7, 11) is 0. The molecule has 0 unspecified atom stereocenters. The number of aromatic amines is 1. The van der Waals surface area contributed by atoms with Crippen molar-refractivity contribution in [2.24, 2.45) is 0 Å². The molecule has 0 saturated heterocycles. The van der Waals surface area contributed by atoms with Crippen molar-refractivity contribution in [1.29, 1.82) is 0 Å². The van der Waals surface area contributed by atoms with Crippen LogP contribution in [0.25, 0.3) is 10.9 Å². The molecular formula is C17H11N3O4. The van der Waals surface area contributed by atoms with Crippen LogP contribution in [0, 0.1) is 0 Å². The van der Waals surface area contributed by atoms with Gasteiger partial charge in [-0.2, -0.15) is 0 Å². The minimum Gasteiger partial charge on any atom is -0.274 e. The highest BCUT2D eigenvalue weighted by Gasteiger charge is 2.35. The molecule has 0 aliphatic carbocycles. The van der Waals surface area contributed by atoms with Crippen LogP contribution in [-0.4, -0.2) is 26.3 Å². The Bertz CT molecular complexity index is 1090. The second-order valence-corrected chi connectivity index (χ2v) is 5.43. The maximum Gasteiger partial charge on any atom is 0.330 e. The first kappa shape index (κ1) is 14.1. The lowest BCUT2D eigenvalue weighted by Crippen LogP contribution is -2.39. The van der Waals surface area contributed by atoms with E-state index in [4.69, 9.17) is 0 Å².